The van der Waals surface area contributed by atoms with Gasteiger partial charge in [0.05, 0.1) is 5.57 Å². The first-order valence-electron chi connectivity index (χ1n) is 15.0. The van der Waals surface area contributed by atoms with Gasteiger partial charge in [-0.05, 0) is 79.1 Å². The van der Waals surface area contributed by atoms with Gasteiger partial charge in [-0.3, -0.25) is 9.59 Å². The van der Waals surface area contributed by atoms with E-state index in [1.807, 2.05) is 26.0 Å². The molecule has 8 heteroatoms. The van der Waals surface area contributed by atoms with Crippen LogP contribution in [0.3, 0.4) is 0 Å². The summed E-state index contributed by atoms with van der Waals surface area (Å²) < 4.78 is 32.1. The Labute approximate surface area is 241 Å². The molecule has 0 radical (unpaired) electrons. The van der Waals surface area contributed by atoms with Crippen molar-refractivity contribution in [2.24, 2.45) is 44.8 Å². The average molecular weight is 566 g/mol. The van der Waals surface area contributed by atoms with Gasteiger partial charge in [-0.15, -0.1) is 0 Å². The Hall–Kier alpha value is -2.69. The smallest absolute Gasteiger partial charge is 0.315 e. The van der Waals surface area contributed by atoms with Gasteiger partial charge in [-0.1, -0.05) is 65.3 Å². The Morgan fingerprint density at radius 1 is 1.02 bits per heavy atom. The van der Waals surface area contributed by atoms with Gasteiger partial charge in [0, 0.05) is 22.2 Å². The Balaban J connectivity index is 1.52. The SMILES string of the molecule is CC1(C)CC[C@]2(c3noc(C(F)F)n3)CC[C@]3(C)[C@H](C(=O)C=C4[C@@]5(C)C=C(C#N)C(=O)C(C)(C)[C@@H]5CC[C@]43C)C2C1. The molecule has 5 aliphatic carbocycles. The summed E-state index contributed by atoms with van der Waals surface area (Å²) in [6, 6.07) is 2.16. The molecule has 220 valence electrons. The van der Waals surface area contributed by atoms with Gasteiger partial charge in [-0.25, -0.2) is 0 Å². The molecule has 0 aliphatic heterocycles. The maximum atomic E-state index is 14.6. The van der Waals surface area contributed by atoms with Crippen LogP contribution in [-0.4, -0.2) is 21.7 Å². The lowest BCUT2D eigenvalue weighted by molar-refractivity contribution is -0.160. The lowest BCUT2D eigenvalue weighted by Crippen LogP contribution is -2.65. The number of hydrogen-bond donors (Lipinski definition) is 0. The molecule has 3 saturated carbocycles. The van der Waals surface area contributed by atoms with E-state index in [1.54, 1.807) is 0 Å². The van der Waals surface area contributed by atoms with Crippen LogP contribution in [-0.2, 0) is 15.0 Å². The van der Waals surface area contributed by atoms with Crippen molar-refractivity contribution in [2.75, 3.05) is 0 Å². The van der Waals surface area contributed by atoms with Crippen molar-refractivity contribution in [3.05, 3.63) is 35.0 Å². The predicted octanol–water partition coefficient (Wildman–Crippen LogP) is 7.48. The van der Waals surface area contributed by atoms with Crippen molar-refractivity contribution in [1.82, 2.24) is 10.1 Å². The zero-order valence-corrected chi connectivity index (χ0v) is 25.2. The summed E-state index contributed by atoms with van der Waals surface area (Å²) in [6.45, 7) is 15.0. The number of rotatable bonds is 2. The molecule has 0 amide bonds. The molecule has 0 aromatic carbocycles. The molecule has 41 heavy (non-hydrogen) atoms. The highest BCUT2D eigenvalue weighted by atomic mass is 19.3. The van der Waals surface area contributed by atoms with Gasteiger partial charge in [0.1, 0.15) is 6.07 Å². The first-order chi connectivity index (χ1) is 19.0. The number of nitriles is 1. The number of carbonyl (C=O) groups excluding carboxylic acids is 2. The topological polar surface area (TPSA) is 96.8 Å². The number of hydrogen-bond acceptors (Lipinski definition) is 6. The quantitative estimate of drug-likeness (QED) is 0.369. The molecule has 6 rings (SSSR count). The Bertz CT molecular complexity index is 1450. The third-order valence-electron chi connectivity index (χ3n) is 12.9. The minimum absolute atomic E-state index is 0.0183. The second-order valence-electron chi connectivity index (χ2n) is 15.7. The molecule has 0 saturated heterocycles. The van der Waals surface area contributed by atoms with Crippen molar-refractivity contribution >= 4 is 11.6 Å². The van der Waals surface area contributed by atoms with Crippen molar-refractivity contribution in [2.45, 2.75) is 105 Å². The van der Waals surface area contributed by atoms with Crippen molar-refractivity contribution < 1.29 is 22.9 Å². The highest BCUT2D eigenvalue weighted by molar-refractivity contribution is 6.04. The van der Waals surface area contributed by atoms with Crippen LogP contribution < -0.4 is 0 Å². The number of aromatic nitrogens is 2. The van der Waals surface area contributed by atoms with E-state index in [-0.39, 0.29) is 45.7 Å². The van der Waals surface area contributed by atoms with Crippen LogP contribution in [0.4, 0.5) is 8.78 Å². The minimum Gasteiger partial charge on any atom is -0.333 e. The van der Waals surface area contributed by atoms with Crippen molar-refractivity contribution in [3.63, 3.8) is 0 Å². The maximum Gasteiger partial charge on any atom is 0.315 e. The third kappa shape index (κ3) is 3.50. The number of fused-ring (bicyclic) bond motifs is 7. The second-order valence-corrected chi connectivity index (χ2v) is 15.7. The molecule has 5 aliphatic rings. The molecular formula is C33H41F2N3O3. The minimum atomic E-state index is -2.84. The van der Waals surface area contributed by atoms with Crippen molar-refractivity contribution in [1.29, 1.82) is 5.26 Å². The van der Waals surface area contributed by atoms with Crippen LogP contribution in [0, 0.1) is 56.2 Å². The summed E-state index contributed by atoms with van der Waals surface area (Å²) >= 11 is 0. The Morgan fingerprint density at radius 3 is 2.34 bits per heavy atom. The molecule has 1 heterocycles. The number of nitrogens with zero attached hydrogens (tertiary/aromatic N) is 3. The van der Waals surface area contributed by atoms with E-state index >= 15 is 0 Å². The van der Waals surface area contributed by atoms with Gasteiger partial charge in [0.2, 0.25) is 0 Å². The number of halogens is 2. The molecule has 1 aromatic rings. The zero-order chi connectivity index (χ0) is 30.0. The summed E-state index contributed by atoms with van der Waals surface area (Å²) in [4.78, 5) is 32.0. The van der Waals surface area contributed by atoms with Crippen LogP contribution in [0.15, 0.2) is 27.8 Å². The van der Waals surface area contributed by atoms with E-state index in [4.69, 9.17) is 4.52 Å². The molecule has 3 fully saturated rings. The highest BCUT2D eigenvalue weighted by Crippen LogP contribution is 2.74. The molecule has 0 N–H and O–H groups in total. The van der Waals surface area contributed by atoms with Crippen LogP contribution in [0.1, 0.15) is 112 Å². The summed E-state index contributed by atoms with van der Waals surface area (Å²) in [5.41, 5.74) is -1.44. The van der Waals surface area contributed by atoms with Crippen molar-refractivity contribution in [3.8, 4) is 6.07 Å². The molecule has 7 atom stereocenters. The van der Waals surface area contributed by atoms with Crippen LogP contribution >= 0.6 is 0 Å². The summed E-state index contributed by atoms with van der Waals surface area (Å²) in [5, 5.41) is 14.0. The molecular weight excluding hydrogens is 524 g/mol. The normalized spacial score (nSPS) is 42.7. The van der Waals surface area contributed by atoms with E-state index in [0.29, 0.717) is 12.2 Å². The third-order valence-corrected chi connectivity index (χ3v) is 12.9. The molecule has 6 nitrogen and oxygen atoms in total. The van der Waals surface area contributed by atoms with E-state index in [0.717, 1.165) is 44.1 Å². The standard InChI is InChI=1S/C33H41F2N3O3/c1-28(2)10-12-33(27-37-26(25(34)35)41-38-27)13-11-32(7)23(19(33)16-28)20(39)14-22-30(5)15-18(17-36)24(40)29(3,4)21(30)8-9-31(22,32)6/h14-15,19,21,23,25H,8-13,16H2,1-7H3/t19?,21-,23-,30-,31+,32+,33-/m0/s1. The summed E-state index contributed by atoms with van der Waals surface area (Å²) in [6.07, 6.45) is 6.35. The number of carbonyl (C=O) groups is 2. The van der Waals surface area contributed by atoms with Gasteiger partial charge in [0.15, 0.2) is 17.4 Å². The van der Waals surface area contributed by atoms with Gasteiger partial charge in [0.25, 0.3) is 5.89 Å². The molecule has 1 aromatic heterocycles. The highest BCUT2D eigenvalue weighted by Gasteiger charge is 2.70. The van der Waals surface area contributed by atoms with Crippen LogP contribution in [0.5, 0.6) is 0 Å². The summed E-state index contributed by atoms with van der Waals surface area (Å²) in [7, 11) is 0. The number of Topliss-reactive ketones (excluding diaryl/α,β-unsaturated/α-hetero) is 1. The van der Waals surface area contributed by atoms with E-state index in [2.05, 4.69) is 50.8 Å². The van der Waals surface area contributed by atoms with Gasteiger partial charge >= 0.3 is 6.43 Å². The molecule has 0 bridgehead atoms. The van der Waals surface area contributed by atoms with Gasteiger partial charge in [-0.2, -0.15) is 19.0 Å². The van der Waals surface area contributed by atoms with Crippen LogP contribution in [0.2, 0.25) is 0 Å². The second kappa shape index (κ2) is 8.45. The number of ketones is 2. The number of allylic oxidation sites excluding steroid dienone is 4. The fourth-order valence-corrected chi connectivity index (χ4v) is 10.5. The lowest BCUT2D eigenvalue weighted by Gasteiger charge is -2.69. The van der Waals surface area contributed by atoms with E-state index in [9.17, 15) is 23.6 Å². The fourth-order valence-electron chi connectivity index (χ4n) is 10.5. The van der Waals surface area contributed by atoms with E-state index in [1.165, 1.54) is 0 Å². The lowest BCUT2D eigenvalue weighted by atomic mass is 9.34. The van der Waals surface area contributed by atoms with Crippen LogP contribution in [0.25, 0.3) is 0 Å². The predicted molar refractivity (Wildman–Crippen MR) is 147 cm³/mol. The molecule has 1 unspecified atom stereocenters. The summed E-state index contributed by atoms with van der Waals surface area (Å²) in [5.74, 6) is -0.841. The van der Waals surface area contributed by atoms with E-state index < -0.39 is 34.0 Å². The molecule has 0 spiro atoms. The zero-order valence-electron chi connectivity index (χ0n) is 25.2. The maximum absolute atomic E-state index is 14.6. The number of alkyl halides is 2. The Kier molecular flexibility index (Phi) is 5.86. The fraction of sp³-hybridized carbons (Fsp3) is 0.727. The first kappa shape index (κ1) is 28.4. The van der Waals surface area contributed by atoms with Gasteiger partial charge < -0.3 is 4.52 Å². The monoisotopic (exact) mass is 565 g/mol. The largest absolute Gasteiger partial charge is 0.333 e. The first-order valence-corrected chi connectivity index (χ1v) is 15.0. The Morgan fingerprint density at radius 2 is 1.71 bits per heavy atom. The average Bonchev–Trinajstić information content (AvgIpc) is 3.39.